The van der Waals surface area contributed by atoms with Crippen LogP contribution in [0.3, 0.4) is 0 Å². The minimum atomic E-state index is -0.433. The average Bonchev–Trinajstić information content (AvgIpc) is 3.00. The van der Waals surface area contributed by atoms with E-state index in [1.165, 1.54) is 13.2 Å². The molecule has 0 fully saturated rings. The highest BCUT2D eigenvalue weighted by atomic mass is 16.5. The molecule has 1 heterocycles. The Morgan fingerprint density at radius 3 is 2.62 bits per heavy atom. The number of aromatic nitrogens is 1. The molecule has 1 N–H and O–H groups in total. The van der Waals surface area contributed by atoms with E-state index in [2.05, 4.69) is 9.72 Å². The summed E-state index contributed by atoms with van der Waals surface area (Å²) in [6.07, 6.45) is 2.99. The molecule has 1 aromatic heterocycles. The number of carbonyl (C=O) groups is 2. The van der Waals surface area contributed by atoms with Gasteiger partial charge in [0.05, 0.1) is 12.7 Å². The van der Waals surface area contributed by atoms with Crippen LogP contribution in [0.4, 0.5) is 0 Å². The Balaban J connectivity index is 1.86. The Hall–Kier alpha value is -3.34. The van der Waals surface area contributed by atoms with Crippen molar-refractivity contribution in [3.63, 3.8) is 0 Å². The Bertz CT molecular complexity index is 970. The maximum atomic E-state index is 12.6. The fourth-order valence-corrected chi connectivity index (χ4v) is 2.74. The van der Waals surface area contributed by atoms with Crippen LogP contribution in [-0.4, -0.2) is 24.0 Å². The van der Waals surface area contributed by atoms with E-state index in [0.717, 1.165) is 27.7 Å². The standard InChI is InChI=1S/C21H19NO4/c1-14-20(21(24)26-13-16-6-4-3-5-7-16)17-12-15(8-10-18(17)22-14)9-11-19(23)25-2/h3-12,22H,13H2,1-2H3. The summed E-state index contributed by atoms with van der Waals surface area (Å²) in [7, 11) is 1.33. The number of aromatic amines is 1. The number of benzene rings is 2. The van der Waals surface area contributed by atoms with Crippen LogP contribution < -0.4 is 0 Å². The van der Waals surface area contributed by atoms with Crippen molar-refractivity contribution in [3.8, 4) is 0 Å². The first-order chi connectivity index (χ1) is 12.6. The summed E-state index contributed by atoms with van der Waals surface area (Å²) in [5.41, 5.74) is 3.81. The molecule has 0 atom stereocenters. The van der Waals surface area contributed by atoms with Crippen molar-refractivity contribution in [2.75, 3.05) is 7.11 Å². The molecule has 0 bridgehead atoms. The number of rotatable bonds is 5. The molecule has 3 aromatic rings. The summed E-state index contributed by atoms with van der Waals surface area (Å²) >= 11 is 0. The number of fused-ring (bicyclic) bond motifs is 1. The van der Waals surface area contributed by atoms with Gasteiger partial charge in [0.25, 0.3) is 0 Å². The first-order valence-corrected chi connectivity index (χ1v) is 8.18. The van der Waals surface area contributed by atoms with Crippen molar-refractivity contribution in [1.82, 2.24) is 4.98 Å². The van der Waals surface area contributed by atoms with E-state index in [1.54, 1.807) is 6.08 Å². The molecule has 5 heteroatoms. The van der Waals surface area contributed by atoms with E-state index in [9.17, 15) is 9.59 Å². The number of hydrogen-bond donors (Lipinski definition) is 1. The van der Waals surface area contributed by atoms with Gasteiger partial charge < -0.3 is 14.5 Å². The topological polar surface area (TPSA) is 68.4 Å². The molecule has 132 valence electrons. The summed E-state index contributed by atoms with van der Waals surface area (Å²) in [4.78, 5) is 27.1. The highest BCUT2D eigenvalue weighted by Crippen LogP contribution is 2.25. The van der Waals surface area contributed by atoms with E-state index in [4.69, 9.17) is 4.74 Å². The fourth-order valence-electron chi connectivity index (χ4n) is 2.74. The van der Waals surface area contributed by atoms with Crippen LogP contribution in [0, 0.1) is 6.92 Å². The molecule has 0 saturated carbocycles. The number of H-pyrrole nitrogens is 1. The van der Waals surface area contributed by atoms with Crippen LogP contribution in [0.5, 0.6) is 0 Å². The van der Waals surface area contributed by atoms with E-state index in [-0.39, 0.29) is 12.6 Å². The number of esters is 2. The molecule has 2 aromatic carbocycles. The van der Waals surface area contributed by atoms with Gasteiger partial charge in [-0.15, -0.1) is 0 Å². The summed E-state index contributed by atoms with van der Waals surface area (Å²) in [6, 6.07) is 15.1. The summed E-state index contributed by atoms with van der Waals surface area (Å²) in [6.45, 7) is 2.05. The normalized spacial score (nSPS) is 11.0. The van der Waals surface area contributed by atoms with Crippen LogP contribution in [0.1, 0.15) is 27.2 Å². The van der Waals surface area contributed by atoms with Gasteiger partial charge in [-0.2, -0.15) is 0 Å². The van der Waals surface area contributed by atoms with E-state index >= 15 is 0 Å². The summed E-state index contributed by atoms with van der Waals surface area (Å²) in [5.74, 6) is -0.815. The third-order valence-corrected chi connectivity index (χ3v) is 4.04. The van der Waals surface area contributed by atoms with E-state index < -0.39 is 5.97 Å². The number of methoxy groups -OCH3 is 1. The maximum absolute atomic E-state index is 12.6. The molecule has 0 spiro atoms. The van der Waals surface area contributed by atoms with E-state index in [1.807, 2.05) is 55.5 Å². The van der Waals surface area contributed by atoms with E-state index in [0.29, 0.717) is 5.56 Å². The number of ether oxygens (including phenoxy) is 2. The molecular formula is C21H19NO4. The second kappa shape index (κ2) is 7.70. The Labute approximate surface area is 151 Å². The minimum Gasteiger partial charge on any atom is -0.466 e. The lowest BCUT2D eigenvalue weighted by molar-refractivity contribution is -0.134. The zero-order chi connectivity index (χ0) is 18.5. The number of carbonyl (C=O) groups excluding carboxylic acids is 2. The first kappa shape index (κ1) is 17.5. The van der Waals surface area contributed by atoms with Crippen LogP contribution in [0.2, 0.25) is 0 Å². The molecular weight excluding hydrogens is 330 g/mol. The van der Waals surface area contributed by atoms with Crippen LogP contribution in [0.15, 0.2) is 54.6 Å². The molecule has 0 saturated heterocycles. The largest absolute Gasteiger partial charge is 0.466 e. The predicted octanol–water partition coefficient (Wildman–Crippen LogP) is 4.02. The Morgan fingerprint density at radius 2 is 1.88 bits per heavy atom. The van der Waals surface area contributed by atoms with Crippen molar-refractivity contribution in [2.45, 2.75) is 13.5 Å². The molecule has 0 aliphatic rings. The van der Waals surface area contributed by atoms with Gasteiger partial charge in [-0.05, 0) is 36.3 Å². The quantitative estimate of drug-likeness (QED) is 0.558. The van der Waals surface area contributed by atoms with Gasteiger partial charge in [0.2, 0.25) is 0 Å². The zero-order valence-corrected chi connectivity index (χ0v) is 14.6. The first-order valence-electron chi connectivity index (χ1n) is 8.18. The van der Waals surface area contributed by atoms with Gasteiger partial charge in [-0.1, -0.05) is 36.4 Å². The predicted molar refractivity (Wildman–Crippen MR) is 99.6 cm³/mol. The van der Waals surface area contributed by atoms with Crippen molar-refractivity contribution < 1.29 is 19.1 Å². The highest BCUT2D eigenvalue weighted by molar-refractivity contribution is 6.06. The molecule has 0 amide bonds. The zero-order valence-electron chi connectivity index (χ0n) is 14.6. The number of aryl methyl sites for hydroxylation is 1. The molecule has 0 aliphatic heterocycles. The monoisotopic (exact) mass is 349 g/mol. The molecule has 0 aliphatic carbocycles. The van der Waals surface area contributed by atoms with Crippen molar-refractivity contribution in [1.29, 1.82) is 0 Å². The smallest absolute Gasteiger partial charge is 0.340 e. The lowest BCUT2D eigenvalue weighted by Gasteiger charge is -2.05. The third kappa shape index (κ3) is 3.83. The van der Waals surface area contributed by atoms with Gasteiger partial charge in [0.15, 0.2) is 0 Å². The van der Waals surface area contributed by atoms with Crippen LogP contribution >= 0.6 is 0 Å². The highest BCUT2D eigenvalue weighted by Gasteiger charge is 2.17. The fraction of sp³-hybridized carbons (Fsp3) is 0.143. The summed E-state index contributed by atoms with van der Waals surface area (Å²) < 4.78 is 10.1. The van der Waals surface area contributed by atoms with Crippen LogP contribution in [-0.2, 0) is 20.9 Å². The maximum Gasteiger partial charge on any atom is 0.340 e. The number of nitrogens with one attached hydrogen (secondary N) is 1. The van der Waals surface area contributed by atoms with Gasteiger partial charge in [-0.3, -0.25) is 0 Å². The Morgan fingerprint density at radius 1 is 1.12 bits per heavy atom. The lowest BCUT2D eigenvalue weighted by Crippen LogP contribution is -2.06. The van der Waals surface area contributed by atoms with Crippen molar-refractivity contribution >= 4 is 28.9 Å². The second-order valence-corrected chi connectivity index (χ2v) is 5.85. The van der Waals surface area contributed by atoms with Gasteiger partial charge >= 0.3 is 11.9 Å². The summed E-state index contributed by atoms with van der Waals surface area (Å²) in [5, 5.41) is 0.757. The molecule has 5 nitrogen and oxygen atoms in total. The SMILES string of the molecule is COC(=O)C=Cc1ccc2[nH]c(C)c(C(=O)OCc3ccccc3)c2c1. The Kier molecular flexibility index (Phi) is 5.17. The lowest BCUT2D eigenvalue weighted by atomic mass is 10.1. The molecule has 0 radical (unpaired) electrons. The van der Waals surface area contributed by atoms with Gasteiger partial charge in [0, 0.05) is 22.7 Å². The average molecular weight is 349 g/mol. The number of hydrogen-bond acceptors (Lipinski definition) is 4. The molecule has 0 unspecified atom stereocenters. The second-order valence-electron chi connectivity index (χ2n) is 5.85. The van der Waals surface area contributed by atoms with Crippen molar-refractivity contribution in [2.24, 2.45) is 0 Å². The van der Waals surface area contributed by atoms with Crippen LogP contribution in [0.25, 0.3) is 17.0 Å². The van der Waals surface area contributed by atoms with Gasteiger partial charge in [0.1, 0.15) is 6.61 Å². The molecule has 26 heavy (non-hydrogen) atoms. The third-order valence-electron chi connectivity index (χ3n) is 4.04. The van der Waals surface area contributed by atoms with Crippen molar-refractivity contribution in [3.05, 3.63) is 77.0 Å². The molecule has 3 rings (SSSR count). The minimum absolute atomic E-state index is 0.216. The van der Waals surface area contributed by atoms with Gasteiger partial charge in [-0.25, -0.2) is 9.59 Å².